The van der Waals surface area contributed by atoms with Crippen LogP contribution in [0.1, 0.15) is 45.2 Å². The van der Waals surface area contributed by atoms with Crippen LogP contribution in [0.4, 0.5) is 21.0 Å². The van der Waals surface area contributed by atoms with Gasteiger partial charge < -0.3 is 15.0 Å². The summed E-state index contributed by atoms with van der Waals surface area (Å²) in [6.07, 6.45) is 1.31. The van der Waals surface area contributed by atoms with Gasteiger partial charge in [-0.3, -0.25) is 0 Å². The van der Waals surface area contributed by atoms with Crippen molar-refractivity contribution in [2.45, 2.75) is 53.0 Å². The maximum Gasteiger partial charge on any atom is 0.418 e. The molecule has 0 bridgehead atoms. The molecule has 1 unspecified atom stereocenters. The van der Waals surface area contributed by atoms with E-state index in [1.165, 1.54) is 10.5 Å². The predicted molar refractivity (Wildman–Crippen MR) is 134 cm³/mol. The van der Waals surface area contributed by atoms with Crippen molar-refractivity contribution in [2.75, 3.05) is 29.9 Å². The quantitative estimate of drug-likeness (QED) is 0.509. The third kappa shape index (κ3) is 6.20. The van der Waals surface area contributed by atoms with Gasteiger partial charge in [-0.05, 0) is 80.5 Å². The van der Waals surface area contributed by atoms with Crippen molar-refractivity contribution in [3.63, 3.8) is 0 Å². The highest BCUT2D eigenvalue weighted by Gasteiger charge is 2.34. The number of imide groups is 1. The summed E-state index contributed by atoms with van der Waals surface area (Å²) >= 11 is 6.43. The topological polar surface area (TPSA) is 61.9 Å². The second kappa shape index (κ2) is 11.4. The first-order valence-corrected chi connectivity index (χ1v) is 12.1. The molecule has 2 aromatic carbocycles. The number of benzene rings is 2. The molecule has 0 saturated heterocycles. The van der Waals surface area contributed by atoms with Crippen LogP contribution < -0.4 is 10.2 Å². The minimum atomic E-state index is -0.624. The molecule has 1 atom stereocenters. The number of anilines is 2. The largest absolute Gasteiger partial charge is 0.449 e. The number of rotatable bonds is 7. The molecular formula is C26H34ClN3O3. The summed E-state index contributed by atoms with van der Waals surface area (Å²) in [7, 11) is 0. The molecule has 2 aromatic rings. The average Bonchev–Trinajstić information content (AvgIpc) is 2.80. The summed E-state index contributed by atoms with van der Waals surface area (Å²) < 4.78 is 5.46. The third-order valence-corrected chi connectivity index (χ3v) is 6.32. The van der Waals surface area contributed by atoms with Gasteiger partial charge in [0.05, 0.1) is 6.61 Å². The van der Waals surface area contributed by atoms with Crippen LogP contribution in [0.25, 0.3) is 0 Å². The summed E-state index contributed by atoms with van der Waals surface area (Å²) in [6, 6.07) is 12.7. The Balaban J connectivity index is 1.80. The number of amides is 3. The van der Waals surface area contributed by atoms with Gasteiger partial charge in [-0.1, -0.05) is 37.6 Å². The summed E-state index contributed by atoms with van der Waals surface area (Å²) in [5.41, 5.74) is 3.88. The van der Waals surface area contributed by atoms with Crippen molar-refractivity contribution in [2.24, 2.45) is 5.92 Å². The van der Waals surface area contributed by atoms with Gasteiger partial charge in [-0.25, -0.2) is 14.5 Å². The summed E-state index contributed by atoms with van der Waals surface area (Å²) in [5, 5.41) is 3.55. The smallest absolute Gasteiger partial charge is 0.418 e. The minimum absolute atomic E-state index is 0.174. The lowest BCUT2D eigenvalue weighted by Crippen LogP contribution is -2.49. The number of fused-ring (bicyclic) bond motifs is 1. The Morgan fingerprint density at radius 1 is 1.12 bits per heavy atom. The SMILES string of the molecule is CCN(CC)c1ccc(NC(=O)N(C(=O)OCC(C)C)C2CCc3cccc(Cl)c3C2)cc1. The Morgan fingerprint density at radius 3 is 2.45 bits per heavy atom. The lowest BCUT2D eigenvalue weighted by Gasteiger charge is -2.33. The van der Waals surface area contributed by atoms with E-state index in [0.29, 0.717) is 23.6 Å². The fraction of sp³-hybridized carbons (Fsp3) is 0.462. The molecule has 7 heteroatoms. The van der Waals surface area contributed by atoms with Crippen molar-refractivity contribution >= 4 is 35.1 Å². The van der Waals surface area contributed by atoms with Gasteiger partial charge in [-0.2, -0.15) is 0 Å². The van der Waals surface area contributed by atoms with E-state index in [1.54, 1.807) is 0 Å². The third-order valence-electron chi connectivity index (χ3n) is 5.97. The van der Waals surface area contributed by atoms with E-state index in [0.717, 1.165) is 30.8 Å². The molecule has 0 spiro atoms. The maximum atomic E-state index is 13.3. The Bertz CT molecular complexity index is 958. The van der Waals surface area contributed by atoms with Crippen molar-refractivity contribution in [3.8, 4) is 0 Å². The van der Waals surface area contributed by atoms with E-state index in [4.69, 9.17) is 16.3 Å². The van der Waals surface area contributed by atoms with Crippen LogP contribution in [-0.2, 0) is 17.6 Å². The number of hydrogen-bond donors (Lipinski definition) is 1. The standard InChI is InChI=1S/C26H34ClN3O3/c1-5-29(6-2)21-14-11-20(12-15-21)28-25(31)30(26(32)33-17-18(3)4)22-13-10-19-8-7-9-24(27)23(19)16-22/h7-9,11-12,14-15,18,22H,5-6,10,13,16-17H2,1-4H3,(H,28,31). The first kappa shape index (κ1) is 24.9. The lowest BCUT2D eigenvalue weighted by atomic mass is 9.87. The number of halogens is 1. The van der Waals surface area contributed by atoms with Crippen LogP contribution in [0.3, 0.4) is 0 Å². The Labute approximate surface area is 201 Å². The number of urea groups is 1. The molecule has 6 nitrogen and oxygen atoms in total. The van der Waals surface area contributed by atoms with Gasteiger partial charge in [0.2, 0.25) is 0 Å². The fourth-order valence-corrected chi connectivity index (χ4v) is 4.45. The summed E-state index contributed by atoms with van der Waals surface area (Å²) in [4.78, 5) is 29.8. The Hall–Kier alpha value is -2.73. The molecule has 3 amide bonds. The van der Waals surface area contributed by atoms with Crippen LogP contribution in [0.5, 0.6) is 0 Å². The fourth-order valence-electron chi connectivity index (χ4n) is 4.18. The Kier molecular flexibility index (Phi) is 8.61. The molecule has 0 fully saturated rings. The van der Waals surface area contributed by atoms with E-state index < -0.39 is 12.1 Å². The lowest BCUT2D eigenvalue weighted by molar-refractivity contribution is 0.0882. The van der Waals surface area contributed by atoms with Crippen LogP contribution in [0.2, 0.25) is 5.02 Å². The van der Waals surface area contributed by atoms with E-state index in [-0.39, 0.29) is 18.6 Å². The van der Waals surface area contributed by atoms with Gasteiger partial charge >= 0.3 is 12.1 Å². The van der Waals surface area contributed by atoms with Crippen molar-refractivity contribution in [3.05, 3.63) is 58.6 Å². The molecule has 0 aliphatic heterocycles. The van der Waals surface area contributed by atoms with E-state index >= 15 is 0 Å². The average molecular weight is 472 g/mol. The molecular weight excluding hydrogens is 438 g/mol. The molecule has 1 aliphatic rings. The zero-order valence-electron chi connectivity index (χ0n) is 19.9. The molecule has 0 aromatic heterocycles. The number of nitrogens with zero attached hydrogens (tertiary/aromatic N) is 2. The first-order valence-electron chi connectivity index (χ1n) is 11.7. The molecule has 0 heterocycles. The van der Waals surface area contributed by atoms with Crippen LogP contribution >= 0.6 is 11.6 Å². The highest BCUT2D eigenvalue weighted by Crippen LogP contribution is 2.31. The minimum Gasteiger partial charge on any atom is -0.449 e. The zero-order chi connectivity index (χ0) is 24.0. The molecule has 0 radical (unpaired) electrons. The van der Waals surface area contributed by atoms with E-state index in [9.17, 15) is 9.59 Å². The van der Waals surface area contributed by atoms with Crippen molar-refractivity contribution < 1.29 is 14.3 Å². The molecule has 178 valence electrons. The maximum absolute atomic E-state index is 13.3. The molecule has 0 saturated carbocycles. The second-order valence-electron chi connectivity index (χ2n) is 8.76. The van der Waals surface area contributed by atoms with Gasteiger partial charge in [0.25, 0.3) is 0 Å². The number of aryl methyl sites for hydroxylation is 1. The molecule has 1 aliphatic carbocycles. The van der Waals surface area contributed by atoms with Crippen molar-refractivity contribution in [1.29, 1.82) is 0 Å². The number of ether oxygens (including phenoxy) is 1. The number of nitrogens with one attached hydrogen (secondary N) is 1. The molecule has 3 rings (SSSR count). The molecule has 1 N–H and O–H groups in total. The first-order chi connectivity index (χ1) is 15.8. The van der Waals surface area contributed by atoms with Gasteiger partial charge in [0.15, 0.2) is 0 Å². The van der Waals surface area contributed by atoms with E-state index in [2.05, 4.69) is 30.1 Å². The Morgan fingerprint density at radius 2 is 1.82 bits per heavy atom. The highest BCUT2D eigenvalue weighted by molar-refractivity contribution is 6.31. The van der Waals surface area contributed by atoms with Crippen LogP contribution in [0.15, 0.2) is 42.5 Å². The zero-order valence-corrected chi connectivity index (χ0v) is 20.7. The normalized spacial score (nSPS) is 15.0. The predicted octanol–water partition coefficient (Wildman–Crippen LogP) is 6.37. The van der Waals surface area contributed by atoms with Gasteiger partial charge in [0.1, 0.15) is 0 Å². The molecule has 33 heavy (non-hydrogen) atoms. The second-order valence-corrected chi connectivity index (χ2v) is 9.17. The highest BCUT2D eigenvalue weighted by atomic mass is 35.5. The summed E-state index contributed by atoms with van der Waals surface area (Å²) in [6.45, 7) is 10.2. The van der Waals surface area contributed by atoms with Crippen LogP contribution in [0, 0.1) is 5.92 Å². The van der Waals surface area contributed by atoms with Gasteiger partial charge in [0, 0.05) is 35.5 Å². The monoisotopic (exact) mass is 471 g/mol. The summed E-state index contributed by atoms with van der Waals surface area (Å²) in [5.74, 6) is 0.174. The van der Waals surface area contributed by atoms with E-state index in [1.807, 2.05) is 50.2 Å². The number of carbonyl (C=O) groups is 2. The van der Waals surface area contributed by atoms with Crippen molar-refractivity contribution in [1.82, 2.24) is 4.90 Å². The van der Waals surface area contributed by atoms with Gasteiger partial charge in [-0.15, -0.1) is 0 Å². The number of hydrogen-bond acceptors (Lipinski definition) is 4. The number of carbonyl (C=O) groups excluding carboxylic acids is 2. The van der Waals surface area contributed by atoms with Crippen LogP contribution in [-0.4, -0.2) is 42.8 Å².